The predicted octanol–water partition coefficient (Wildman–Crippen LogP) is 4.05. The lowest BCUT2D eigenvalue weighted by molar-refractivity contribution is 0.142. The van der Waals surface area contributed by atoms with Crippen LogP contribution in [0.5, 0.6) is 0 Å². The lowest BCUT2D eigenvalue weighted by atomic mass is 9.90. The van der Waals surface area contributed by atoms with Crippen molar-refractivity contribution in [2.24, 2.45) is 5.73 Å². The van der Waals surface area contributed by atoms with Crippen LogP contribution in [-0.4, -0.2) is 23.5 Å². The van der Waals surface area contributed by atoms with Crippen molar-refractivity contribution in [3.05, 3.63) is 35.4 Å². The average molecular weight is 286 g/mol. The van der Waals surface area contributed by atoms with E-state index in [0.29, 0.717) is 6.04 Å². The van der Waals surface area contributed by atoms with Crippen molar-refractivity contribution in [3.63, 3.8) is 0 Å². The molecular weight excluding hydrogens is 256 g/mol. The summed E-state index contributed by atoms with van der Waals surface area (Å²) in [4.78, 5) is 2.69. The highest BCUT2D eigenvalue weighted by Crippen LogP contribution is 2.40. The van der Waals surface area contributed by atoms with Crippen LogP contribution in [0.15, 0.2) is 24.3 Å². The molecule has 1 aromatic rings. The molecule has 2 fully saturated rings. The fourth-order valence-electron chi connectivity index (χ4n) is 3.69. The minimum absolute atomic E-state index is 0.447. The zero-order valence-corrected chi connectivity index (χ0v) is 13.4. The minimum Gasteiger partial charge on any atom is -0.328 e. The predicted molar refractivity (Wildman–Crippen MR) is 89.3 cm³/mol. The molecule has 3 rings (SSSR count). The second kappa shape index (κ2) is 6.93. The quantitative estimate of drug-likeness (QED) is 0.855. The van der Waals surface area contributed by atoms with Gasteiger partial charge in [-0.05, 0) is 68.5 Å². The molecule has 0 saturated heterocycles. The number of benzene rings is 1. The second-order valence-corrected chi connectivity index (χ2v) is 7.05. The Balaban J connectivity index is 1.60. The van der Waals surface area contributed by atoms with E-state index in [4.69, 9.17) is 5.73 Å². The molecule has 116 valence electrons. The van der Waals surface area contributed by atoms with Crippen LogP contribution < -0.4 is 5.73 Å². The smallest absolute Gasteiger partial charge is 0.0236 e. The molecule has 0 aromatic heterocycles. The first-order valence-corrected chi connectivity index (χ1v) is 8.84. The number of rotatable bonds is 6. The summed E-state index contributed by atoms with van der Waals surface area (Å²) in [7, 11) is 0. The van der Waals surface area contributed by atoms with E-state index in [0.717, 1.165) is 18.5 Å². The summed E-state index contributed by atoms with van der Waals surface area (Å²) < 4.78 is 0. The van der Waals surface area contributed by atoms with Gasteiger partial charge in [0.1, 0.15) is 0 Å². The Morgan fingerprint density at radius 2 is 1.67 bits per heavy atom. The summed E-state index contributed by atoms with van der Waals surface area (Å²) >= 11 is 0. The van der Waals surface area contributed by atoms with Crippen molar-refractivity contribution in [2.45, 2.75) is 76.4 Å². The summed E-state index contributed by atoms with van der Waals surface area (Å²) in [6.45, 7) is 4.61. The molecule has 21 heavy (non-hydrogen) atoms. The third-order valence-corrected chi connectivity index (χ3v) is 5.18. The van der Waals surface area contributed by atoms with Gasteiger partial charge in [-0.2, -0.15) is 0 Å². The van der Waals surface area contributed by atoms with Gasteiger partial charge in [0.05, 0.1) is 0 Å². The maximum Gasteiger partial charge on any atom is 0.0236 e. The summed E-state index contributed by atoms with van der Waals surface area (Å²) in [5.41, 5.74) is 9.08. The van der Waals surface area contributed by atoms with E-state index >= 15 is 0 Å². The van der Waals surface area contributed by atoms with Crippen LogP contribution in [0.25, 0.3) is 0 Å². The van der Waals surface area contributed by atoms with Gasteiger partial charge in [-0.25, -0.2) is 0 Å². The summed E-state index contributed by atoms with van der Waals surface area (Å²) in [5.74, 6) is 0.866. The van der Waals surface area contributed by atoms with Crippen LogP contribution >= 0.6 is 0 Å². The standard InChI is InChI=1S/C19H30N2/c1-2-13-21(19-11-9-18(20)10-12-19)14-15-3-5-16(6-4-15)17-7-8-17/h3-6,17-19H,2,7-14,20H2,1H3. The Hall–Kier alpha value is -0.860. The van der Waals surface area contributed by atoms with Crippen LogP contribution in [0.1, 0.15) is 68.9 Å². The SMILES string of the molecule is CCCN(Cc1ccc(C2CC2)cc1)C1CCC(N)CC1. The lowest BCUT2D eigenvalue weighted by Gasteiger charge is -2.36. The van der Waals surface area contributed by atoms with Crippen molar-refractivity contribution < 1.29 is 0 Å². The van der Waals surface area contributed by atoms with Gasteiger partial charge in [0.2, 0.25) is 0 Å². The minimum atomic E-state index is 0.447. The third-order valence-electron chi connectivity index (χ3n) is 5.18. The Bertz CT molecular complexity index is 427. The molecule has 2 aliphatic carbocycles. The monoisotopic (exact) mass is 286 g/mol. The highest BCUT2D eigenvalue weighted by atomic mass is 15.2. The van der Waals surface area contributed by atoms with Crippen molar-refractivity contribution >= 4 is 0 Å². The van der Waals surface area contributed by atoms with E-state index in [1.807, 2.05) is 0 Å². The first kappa shape index (κ1) is 15.1. The molecule has 0 amide bonds. The van der Waals surface area contributed by atoms with Crippen LogP contribution in [0.3, 0.4) is 0 Å². The molecule has 0 atom stereocenters. The van der Waals surface area contributed by atoms with E-state index in [1.165, 1.54) is 57.1 Å². The van der Waals surface area contributed by atoms with E-state index in [-0.39, 0.29) is 0 Å². The Labute approximate surface area is 129 Å². The number of nitrogens with two attached hydrogens (primary N) is 1. The van der Waals surface area contributed by atoms with Crippen molar-refractivity contribution in [1.82, 2.24) is 4.90 Å². The first-order chi connectivity index (χ1) is 10.3. The summed E-state index contributed by atoms with van der Waals surface area (Å²) in [5, 5.41) is 0. The largest absolute Gasteiger partial charge is 0.328 e. The van der Waals surface area contributed by atoms with E-state index < -0.39 is 0 Å². The lowest BCUT2D eigenvalue weighted by Crippen LogP contribution is -2.40. The van der Waals surface area contributed by atoms with Gasteiger partial charge >= 0.3 is 0 Å². The summed E-state index contributed by atoms with van der Waals surface area (Å²) in [6.07, 6.45) is 8.98. The molecule has 0 spiro atoms. The number of nitrogens with zero attached hydrogens (tertiary/aromatic N) is 1. The van der Waals surface area contributed by atoms with Crippen LogP contribution in [0, 0.1) is 0 Å². The fourth-order valence-corrected chi connectivity index (χ4v) is 3.69. The third kappa shape index (κ3) is 4.08. The van der Waals surface area contributed by atoms with Gasteiger partial charge in [-0.3, -0.25) is 4.90 Å². The molecule has 1 aromatic carbocycles. The van der Waals surface area contributed by atoms with Crippen molar-refractivity contribution in [1.29, 1.82) is 0 Å². The van der Waals surface area contributed by atoms with E-state index in [2.05, 4.69) is 36.1 Å². The highest BCUT2D eigenvalue weighted by molar-refractivity contribution is 5.28. The van der Waals surface area contributed by atoms with Gasteiger partial charge in [-0.15, -0.1) is 0 Å². The summed E-state index contributed by atoms with van der Waals surface area (Å²) in [6, 6.07) is 10.6. The number of hydrogen-bond acceptors (Lipinski definition) is 2. The molecule has 0 radical (unpaired) electrons. The molecular formula is C19H30N2. The molecule has 0 heterocycles. The molecule has 2 N–H and O–H groups in total. The van der Waals surface area contributed by atoms with Gasteiger partial charge < -0.3 is 5.73 Å². The number of hydrogen-bond donors (Lipinski definition) is 1. The highest BCUT2D eigenvalue weighted by Gasteiger charge is 2.25. The topological polar surface area (TPSA) is 29.3 Å². The van der Waals surface area contributed by atoms with E-state index in [1.54, 1.807) is 5.56 Å². The Morgan fingerprint density at radius 3 is 2.24 bits per heavy atom. The molecule has 0 aliphatic heterocycles. The Morgan fingerprint density at radius 1 is 1.00 bits per heavy atom. The fraction of sp³-hybridized carbons (Fsp3) is 0.684. The van der Waals surface area contributed by atoms with Crippen molar-refractivity contribution in [2.75, 3.05) is 6.54 Å². The van der Waals surface area contributed by atoms with Gasteiger partial charge in [-0.1, -0.05) is 31.2 Å². The van der Waals surface area contributed by atoms with Gasteiger partial charge in [0.25, 0.3) is 0 Å². The first-order valence-electron chi connectivity index (χ1n) is 8.84. The zero-order chi connectivity index (χ0) is 14.7. The maximum absolute atomic E-state index is 6.06. The maximum atomic E-state index is 6.06. The van der Waals surface area contributed by atoms with E-state index in [9.17, 15) is 0 Å². The molecule has 2 heteroatoms. The molecule has 2 nitrogen and oxygen atoms in total. The van der Waals surface area contributed by atoms with Crippen LogP contribution in [0.2, 0.25) is 0 Å². The average Bonchev–Trinajstić information content (AvgIpc) is 3.33. The van der Waals surface area contributed by atoms with Gasteiger partial charge in [0, 0.05) is 18.6 Å². The second-order valence-electron chi connectivity index (χ2n) is 7.05. The molecule has 0 bridgehead atoms. The molecule has 0 unspecified atom stereocenters. The molecule has 2 saturated carbocycles. The zero-order valence-electron chi connectivity index (χ0n) is 13.4. The van der Waals surface area contributed by atoms with Crippen LogP contribution in [-0.2, 0) is 6.54 Å². The Kier molecular flexibility index (Phi) is 4.97. The normalized spacial score (nSPS) is 26.2. The van der Waals surface area contributed by atoms with Crippen LogP contribution in [0.4, 0.5) is 0 Å². The van der Waals surface area contributed by atoms with Gasteiger partial charge in [0.15, 0.2) is 0 Å². The van der Waals surface area contributed by atoms with Crippen molar-refractivity contribution in [3.8, 4) is 0 Å². The molecule has 2 aliphatic rings.